The molecular weight excluding hydrogens is 298 g/mol. The second kappa shape index (κ2) is 5.90. The van der Waals surface area contributed by atoms with Gasteiger partial charge >= 0.3 is 6.09 Å². The van der Waals surface area contributed by atoms with Gasteiger partial charge in [-0.2, -0.15) is 0 Å². The minimum absolute atomic E-state index is 0.136. The third-order valence-electron chi connectivity index (χ3n) is 5.24. The van der Waals surface area contributed by atoms with Crippen LogP contribution in [-0.4, -0.2) is 65.8 Å². The second-order valence-electron chi connectivity index (χ2n) is 8.27. The Labute approximate surface area is 138 Å². The van der Waals surface area contributed by atoms with E-state index in [0.29, 0.717) is 19.7 Å². The fourth-order valence-corrected chi connectivity index (χ4v) is 3.91. The van der Waals surface area contributed by atoms with E-state index < -0.39 is 11.2 Å². The van der Waals surface area contributed by atoms with Gasteiger partial charge in [0.1, 0.15) is 11.2 Å². The molecule has 0 aromatic carbocycles. The second-order valence-corrected chi connectivity index (χ2v) is 8.27. The molecule has 23 heavy (non-hydrogen) atoms. The van der Waals surface area contributed by atoms with Gasteiger partial charge < -0.3 is 24.2 Å². The van der Waals surface area contributed by atoms with Gasteiger partial charge in [-0.25, -0.2) is 4.79 Å². The molecule has 3 aliphatic heterocycles. The summed E-state index contributed by atoms with van der Waals surface area (Å²) in [5.41, 5.74) is -1.44. The smallest absolute Gasteiger partial charge is 0.410 e. The molecule has 6 heteroatoms. The Bertz CT molecular complexity index is 441. The van der Waals surface area contributed by atoms with Gasteiger partial charge in [-0.15, -0.1) is 0 Å². The van der Waals surface area contributed by atoms with Gasteiger partial charge in [0, 0.05) is 19.8 Å². The molecule has 0 radical (unpaired) electrons. The van der Waals surface area contributed by atoms with Crippen molar-refractivity contribution < 1.29 is 24.1 Å². The molecule has 0 aromatic rings. The first-order chi connectivity index (χ1) is 10.7. The minimum Gasteiger partial charge on any atom is -0.444 e. The summed E-state index contributed by atoms with van der Waals surface area (Å²) in [6, 6.07) is 0. The molecule has 3 fully saturated rings. The lowest BCUT2D eigenvalue weighted by Gasteiger charge is -2.54. The Kier molecular flexibility index (Phi) is 4.36. The lowest BCUT2D eigenvalue weighted by Crippen LogP contribution is -2.68. The molecule has 3 aliphatic rings. The normalized spacial score (nSPS) is 29.9. The van der Waals surface area contributed by atoms with Crippen molar-refractivity contribution in [1.82, 2.24) is 4.90 Å². The molecule has 0 aliphatic carbocycles. The molecule has 3 rings (SSSR count). The lowest BCUT2D eigenvalue weighted by atomic mass is 9.70. The van der Waals surface area contributed by atoms with Crippen LogP contribution < -0.4 is 0 Å². The Morgan fingerprint density at radius 3 is 2.48 bits per heavy atom. The molecule has 0 aromatic heterocycles. The van der Waals surface area contributed by atoms with Crippen LogP contribution in [0.25, 0.3) is 0 Å². The Morgan fingerprint density at radius 1 is 1.22 bits per heavy atom. The third kappa shape index (κ3) is 3.64. The maximum atomic E-state index is 12.1. The van der Waals surface area contributed by atoms with Crippen molar-refractivity contribution in [2.75, 3.05) is 32.9 Å². The van der Waals surface area contributed by atoms with Gasteiger partial charge in [0.2, 0.25) is 0 Å². The number of ether oxygens (including phenoxy) is 3. The van der Waals surface area contributed by atoms with E-state index in [-0.39, 0.29) is 17.6 Å². The van der Waals surface area contributed by atoms with Gasteiger partial charge in [-0.05, 0) is 52.4 Å². The number of hydrogen-bond acceptors (Lipinski definition) is 5. The summed E-state index contributed by atoms with van der Waals surface area (Å²) >= 11 is 0. The van der Waals surface area contributed by atoms with Crippen LogP contribution in [0.3, 0.4) is 0 Å². The zero-order valence-electron chi connectivity index (χ0n) is 14.5. The maximum absolute atomic E-state index is 12.1. The van der Waals surface area contributed by atoms with E-state index in [1.807, 2.05) is 20.8 Å². The quantitative estimate of drug-likeness (QED) is 0.797. The highest BCUT2D eigenvalue weighted by molar-refractivity contribution is 5.69. The number of nitrogens with zero attached hydrogens (tertiary/aromatic N) is 1. The number of β-amino-alcohol motifs (C(OH)–C–C–N with tert-alkyl or cyclic N) is 1. The van der Waals surface area contributed by atoms with Crippen LogP contribution in [0, 0.1) is 5.92 Å². The molecule has 1 spiro atoms. The predicted molar refractivity (Wildman–Crippen MR) is 84.2 cm³/mol. The van der Waals surface area contributed by atoms with Crippen LogP contribution in [0.2, 0.25) is 0 Å². The van der Waals surface area contributed by atoms with Gasteiger partial charge in [0.15, 0.2) is 0 Å². The highest BCUT2D eigenvalue weighted by Gasteiger charge is 2.53. The van der Waals surface area contributed by atoms with Crippen molar-refractivity contribution in [3.8, 4) is 0 Å². The largest absolute Gasteiger partial charge is 0.444 e. The Hall–Kier alpha value is -0.850. The monoisotopic (exact) mass is 327 g/mol. The van der Waals surface area contributed by atoms with Crippen LogP contribution in [0.4, 0.5) is 4.79 Å². The van der Waals surface area contributed by atoms with Gasteiger partial charge in [-0.1, -0.05) is 0 Å². The molecule has 0 saturated carbocycles. The fraction of sp³-hybridized carbons (Fsp3) is 0.941. The molecule has 6 nitrogen and oxygen atoms in total. The van der Waals surface area contributed by atoms with Crippen molar-refractivity contribution in [2.24, 2.45) is 5.92 Å². The molecule has 132 valence electrons. The zero-order chi connectivity index (χ0) is 16.7. The van der Waals surface area contributed by atoms with Crippen LogP contribution >= 0.6 is 0 Å². The number of carbonyl (C=O) groups excluding carboxylic acids is 1. The first-order valence-corrected chi connectivity index (χ1v) is 8.64. The molecule has 1 N–H and O–H groups in total. The number of likely N-dealkylation sites (tertiary alicyclic amines) is 1. The molecule has 3 heterocycles. The Balaban J connectivity index is 1.56. The number of carbonyl (C=O) groups is 1. The average molecular weight is 327 g/mol. The summed E-state index contributed by atoms with van der Waals surface area (Å²) < 4.78 is 16.9. The standard InChI is InChI=1S/C17H29NO5/c1-15(2,3)23-14(19)18-11-17(20,12-18)13-4-7-22-16(10-13)5-8-21-9-6-16/h13,20H,4-12H2,1-3H3. The highest BCUT2D eigenvalue weighted by atomic mass is 16.6. The maximum Gasteiger partial charge on any atom is 0.410 e. The van der Waals surface area contributed by atoms with E-state index in [9.17, 15) is 9.90 Å². The lowest BCUT2D eigenvalue weighted by molar-refractivity contribution is -0.200. The summed E-state index contributed by atoms with van der Waals surface area (Å²) in [6.45, 7) is 8.42. The number of amides is 1. The van der Waals surface area contributed by atoms with E-state index in [1.54, 1.807) is 4.90 Å². The molecule has 1 unspecified atom stereocenters. The molecule has 1 amide bonds. The van der Waals surface area contributed by atoms with Crippen molar-refractivity contribution in [3.05, 3.63) is 0 Å². The fourth-order valence-electron chi connectivity index (χ4n) is 3.91. The van der Waals surface area contributed by atoms with E-state index in [0.717, 1.165) is 38.9 Å². The van der Waals surface area contributed by atoms with Crippen LogP contribution in [0.15, 0.2) is 0 Å². The van der Waals surface area contributed by atoms with Gasteiger partial charge in [0.05, 0.1) is 18.7 Å². The van der Waals surface area contributed by atoms with E-state index >= 15 is 0 Å². The Morgan fingerprint density at radius 2 is 1.87 bits per heavy atom. The summed E-state index contributed by atoms with van der Waals surface area (Å²) in [7, 11) is 0. The molecule has 3 saturated heterocycles. The van der Waals surface area contributed by atoms with Crippen molar-refractivity contribution in [1.29, 1.82) is 0 Å². The molecular formula is C17H29NO5. The summed E-state index contributed by atoms with van der Waals surface area (Å²) in [5.74, 6) is 0.174. The minimum atomic E-state index is -0.800. The van der Waals surface area contributed by atoms with Gasteiger partial charge in [-0.3, -0.25) is 0 Å². The zero-order valence-corrected chi connectivity index (χ0v) is 14.5. The predicted octanol–water partition coefficient (Wildman–Crippen LogP) is 1.94. The summed E-state index contributed by atoms with van der Waals surface area (Å²) in [5, 5.41) is 10.9. The third-order valence-corrected chi connectivity index (χ3v) is 5.24. The highest BCUT2D eigenvalue weighted by Crippen LogP contribution is 2.44. The van der Waals surface area contributed by atoms with Crippen LogP contribution in [0.5, 0.6) is 0 Å². The number of rotatable bonds is 1. The van der Waals surface area contributed by atoms with Crippen molar-refractivity contribution in [2.45, 2.75) is 63.3 Å². The summed E-state index contributed by atoms with van der Waals surface area (Å²) in [6.07, 6.45) is 3.16. The van der Waals surface area contributed by atoms with E-state index in [1.165, 1.54) is 0 Å². The van der Waals surface area contributed by atoms with Crippen LogP contribution in [0.1, 0.15) is 46.5 Å². The SMILES string of the molecule is CC(C)(C)OC(=O)N1CC(O)(C2CCOC3(CCOCC3)C2)C1. The van der Waals surface area contributed by atoms with E-state index in [2.05, 4.69) is 0 Å². The first kappa shape index (κ1) is 17.0. The number of hydrogen-bond donors (Lipinski definition) is 1. The van der Waals surface area contributed by atoms with E-state index in [4.69, 9.17) is 14.2 Å². The van der Waals surface area contributed by atoms with Crippen LogP contribution in [-0.2, 0) is 14.2 Å². The molecule has 0 bridgehead atoms. The van der Waals surface area contributed by atoms with Gasteiger partial charge in [0.25, 0.3) is 0 Å². The topological polar surface area (TPSA) is 68.2 Å². The first-order valence-electron chi connectivity index (χ1n) is 8.64. The van der Waals surface area contributed by atoms with Crippen molar-refractivity contribution >= 4 is 6.09 Å². The summed E-state index contributed by atoms with van der Waals surface area (Å²) in [4.78, 5) is 13.7. The molecule has 1 atom stereocenters. The number of aliphatic hydroxyl groups is 1. The average Bonchev–Trinajstić information content (AvgIpc) is 2.43. The van der Waals surface area contributed by atoms with Crippen molar-refractivity contribution in [3.63, 3.8) is 0 Å².